The summed E-state index contributed by atoms with van der Waals surface area (Å²) in [6, 6.07) is 16.1. The number of nitrogens with two attached hydrogens (primary N) is 1. The molecule has 1 atom stereocenters. The van der Waals surface area contributed by atoms with E-state index >= 15 is 0 Å². The lowest BCUT2D eigenvalue weighted by molar-refractivity contribution is -0.138. The van der Waals surface area contributed by atoms with E-state index in [2.05, 4.69) is 29.3 Å². The average Bonchev–Trinajstić information content (AvgIpc) is 2.78. The average molecular weight is 461 g/mol. The monoisotopic (exact) mass is 460 g/mol. The maximum atomic E-state index is 13.5. The fourth-order valence-electron chi connectivity index (χ4n) is 4.40. The third kappa shape index (κ3) is 7.06. The van der Waals surface area contributed by atoms with Gasteiger partial charge in [-0.25, -0.2) is 0 Å². The molecule has 3 rings (SSSR count). The van der Waals surface area contributed by atoms with Crippen LogP contribution in [0.25, 0.3) is 0 Å². The van der Waals surface area contributed by atoms with Gasteiger partial charge in [0.2, 0.25) is 0 Å². The van der Waals surface area contributed by atoms with Crippen LogP contribution in [0.2, 0.25) is 0 Å². The molecule has 1 heterocycles. The summed E-state index contributed by atoms with van der Waals surface area (Å²) in [4.78, 5) is 4.27. The van der Waals surface area contributed by atoms with Gasteiger partial charge >= 0.3 is 6.18 Å². The van der Waals surface area contributed by atoms with Gasteiger partial charge in [0.1, 0.15) is 0 Å². The number of nitrogens with zero attached hydrogens (tertiary/aromatic N) is 2. The molecule has 0 saturated carbocycles. The molecule has 2 aromatic carbocycles. The van der Waals surface area contributed by atoms with Crippen molar-refractivity contribution in [1.29, 1.82) is 0 Å². The van der Waals surface area contributed by atoms with Crippen LogP contribution in [-0.2, 0) is 19.3 Å². The second-order valence-electron chi connectivity index (χ2n) is 8.78. The van der Waals surface area contributed by atoms with Crippen molar-refractivity contribution < 1.29 is 13.2 Å². The molecule has 0 fully saturated rings. The quantitative estimate of drug-likeness (QED) is 0.388. The minimum atomic E-state index is -4.37. The first kappa shape index (κ1) is 25.3. The number of unbranched alkanes of at least 4 members (excludes halogenated alkanes) is 1. The van der Waals surface area contributed by atoms with Gasteiger partial charge in [-0.15, -0.1) is 0 Å². The molecule has 1 aliphatic rings. The van der Waals surface area contributed by atoms with E-state index in [-0.39, 0.29) is 18.3 Å². The minimum Gasteiger partial charge on any atom is -0.401 e. The summed E-state index contributed by atoms with van der Waals surface area (Å²) in [5, 5.41) is 3.55. The van der Waals surface area contributed by atoms with Crippen molar-refractivity contribution in [2.75, 3.05) is 26.7 Å². The molecule has 1 aliphatic heterocycles. The Hall–Kier alpha value is -2.35. The highest BCUT2D eigenvalue weighted by Crippen LogP contribution is 2.33. The van der Waals surface area contributed by atoms with Gasteiger partial charge in [0.05, 0.1) is 11.7 Å². The van der Waals surface area contributed by atoms with Crippen molar-refractivity contribution in [3.8, 4) is 0 Å². The maximum absolute atomic E-state index is 13.5. The van der Waals surface area contributed by atoms with Gasteiger partial charge in [0.25, 0.3) is 0 Å². The molecule has 0 spiro atoms. The van der Waals surface area contributed by atoms with Crippen molar-refractivity contribution in [2.45, 2.75) is 51.6 Å². The Labute approximate surface area is 195 Å². The van der Waals surface area contributed by atoms with Crippen molar-refractivity contribution in [3.63, 3.8) is 0 Å². The second-order valence-corrected chi connectivity index (χ2v) is 8.78. The highest BCUT2D eigenvalue weighted by Gasteiger charge is 2.34. The summed E-state index contributed by atoms with van der Waals surface area (Å²) in [5.74, 6) is 0. The van der Waals surface area contributed by atoms with Crippen LogP contribution in [-0.4, -0.2) is 42.6 Å². The van der Waals surface area contributed by atoms with Crippen LogP contribution in [0.5, 0.6) is 0 Å². The fraction of sp³-hybridized carbons (Fsp3) is 0.462. The maximum Gasteiger partial charge on any atom is 0.416 e. The van der Waals surface area contributed by atoms with E-state index < -0.39 is 11.7 Å². The summed E-state index contributed by atoms with van der Waals surface area (Å²) >= 11 is 0. The summed E-state index contributed by atoms with van der Waals surface area (Å²) in [7, 11) is 1.87. The van der Waals surface area contributed by atoms with Gasteiger partial charge in [0.15, 0.2) is 0 Å². The summed E-state index contributed by atoms with van der Waals surface area (Å²) in [6.45, 7) is 5.45. The fourth-order valence-corrected chi connectivity index (χ4v) is 4.40. The molecule has 2 aromatic rings. The lowest BCUT2D eigenvalue weighted by Crippen LogP contribution is -2.48. The zero-order chi connectivity index (χ0) is 23.8. The first-order valence-corrected chi connectivity index (χ1v) is 11.6. The third-order valence-corrected chi connectivity index (χ3v) is 6.13. The van der Waals surface area contributed by atoms with E-state index in [0.717, 1.165) is 56.2 Å². The van der Waals surface area contributed by atoms with Crippen LogP contribution in [0.4, 0.5) is 13.2 Å². The van der Waals surface area contributed by atoms with Gasteiger partial charge in [0, 0.05) is 31.9 Å². The SMILES string of the molecule is CCCCNC(C1=C(N)CN(Cc2ccccc2)CC1)N(C)Cc1ccccc1C(F)(F)F. The van der Waals surface area contributed by atoms with E-state index in [9.17, 15) is 13.2 Å². The number of hydrogen-bond donors (Lipinski definition) is 2. The molecule has 0 bridgehead atoms. The molecule has 0 aromatic heterocycles. The van der Waals surface area contributed by atoms with Gasteiger partial charge in [-0.05, 0) is 49.2 Å². The predicted molar refractivity (Wildman–Crippen MR) is 127 cm³/mol. The summed E-state index contributed by atoms with van der Waals surface area (Å²) in [5.41, 5.74) is 9.38. The first-order chi connectivity index (χ1) is 15.8. The van der Waals surface area contributed by atoms with E-state index in [4.69, 9.17) is 5.73 Å². The topological polar surface area (TPSA) is 44.5 Å². The molecule has 3 N–H and O–H groups in total. The van der Waals surface area contributed by atoms with E-state index in [1.54, 1.807) is 12.1 Å². The van der Waals surface area contributed by atoms with Crippen molar-refractivity contribution >= 4 is 0 Å². The van der Waals surface area contributed by atoms with Crippen LogP contribution in [0.1, 0.15) is 42.9 Å². The van der Waals surface area contributed by atoms with Crippen LogP contribution >= 0.6 is 0 Å². The normalized spacial score (nSPS) is 16.4. The number of nitrogens with one attached hydrogen (secondary N) is 1. The number of rotatable bonds is 10. The van der Waals surface area contributed by atoms with E-state index in [1.165, 1.54) is 11.6 Å². The smallest absolute Gasteiger partial charge is 0.401 e. The molecule has 180 valence electrons. The van der Waals surface area contributed by atoms with Crippen LogP contribution in [0.15, 0.2) is 65.9 Å². The van der Waals surface area contributed by atoms with Crippen molar-refractivity contribution in [1.82, 2.24) is 15.1 Å². The molecule has 0 aliphatic carbocycles. The Morgan fingerprint density at radius 3 is 2.45 bits per heavy atom. The highest BCUT2D eigenvalue weighted by molar-refractivity contribution is 5.30. The number of likely N-dealkylation sites (N-methyl/N-ethyl adjacent to an activating group) is 1. The van der Waals surface area contributed by atoms with Crippen LogP contribution < -0.4 is 11.1 Å². The number of halogens is 3. The molecule has 33 heavy (non-hydrogen) atoms. The Balaban J connectivity index is 1.77. The van der Waals surface area contributed by atoms with Gasteiger partial charge in [-0.3, -0.25) is 15.1 Å². The molecule has 0 amide bonds. The summed E-state index contributed by atoms with van der Waals surface area (Å²) in [6.07, 6.45) is -1.75. The van der Waals surface area contributed by atoms with E-state index in [1.807, 2.05) is 30.1 Å². The number of hydrogen-bond acceptors (Lipinski definition) is 4. The summed E-state index contributed by atoms with van der Waals surface area (Å²) < 4.78 is 40.6. The largest absolute Gasteiger partial charge is 0.416 e. The standard InChI is InChI=1S/C26H35F3N4/c1-3-4-15-31-25(32(2)18-21-12-8-9-13-23(21)26(27,28)29)22-14-16-33(19-24(22)30)17-20-10-6-5-7-11-20/h5-13,25,31H,3-4,14-19,30H2,1-2H3. The van der Waals surface area contributed by atoms with Crippen molar-refractivity contribution in [3.05, 3.63) is 82.6 Å². The Morgan fingerprint density at radius 1 is 1.09 bits per heavy atom. The van der Waals surface area contributed by atoms with Gasteiger partial charge < -0.3 is 5.73 Å². The Kier molecular flexibility index (Phi) is 8.95. The molecule has 0 radical (unpaired) electrons. The lowest BCUT2D eigenvalue weighted by Gasteiger charge is -2.37. The third-order valence-electron chi connectivity index (χ3n) is 6.13. The molecule has 1 unspecified atom stereocenters. The zero-order valence-corrected chi connectivity index (χ0v) is 19.5. The highest BCUT2D eigenvalue weighted by atomic mass is 19.4. The molecular weight excluding hydrogens is 425 g/mol. The van der Waals surface area contributed by atoms with Crippen LogP contribution in [0, 0.1) is 0 Å². The predicted octanol–water partition coefficient (Wildman–Crippen LogP) is 4.97. The van der Waals surface area contributed by atoms with Crippen molar-refractivity contribution in [2.24, 2.45) is 5.73 Å². The van der Waals surface area contributed by atoms with Crippen LogP contribution in [0.3, 0.4) is 0 Å². The number of benzene rings is 2. The first-order valence-electron chi connectivity index (χ1n) is 11.6. The lowest BCUT2D eigenvalue weighted by atomic mass is 9.99. The van der Waals surface area contributed by atoms with Gasteiger partial charge in [-0.1, -0.05) is 61.9 Å². The van der Waals surface area contributed by atoms with Gasteiger partial charge in [-0.2, -0.15) is 13.2 Å². The number of alkyl halides is 3. The Morgan fingerprint density at radius 2 is 1.79 bits per heavy atom. The molecule has 7 heteroatoms. The molecular formula is C26H35F3N4. The zero-order valence-electron chi connectivity index (χ0n) is 19.5. The minimum absolute atomic E-state index is 0.185. The molecule has 4 nitrogen and oxygen atoms in total. The second kappa shape index (κ2) is 11.7. The molecule has 0 saturated heterocycles. The van der Waals surface area contributed by atoms with E-state index in [0.29, 0.717) is 6.54 Å². The Bertz CT molecular complexity index is 911.